The van der Waals surface area contributed by atoms with Gasteiger partial charge in [0.05, 0.1) is 5.56 Å². The molecule has 142 valence electrons. The van der Waals surface area contributed by atoms with Gasteiger partial charge >= 0.3 is 0 Å². The molecule has 3 rings (SSSR count). The molecule has 27 heavy (non-hydrogen) atoms. The van der Waals surface area contributed by atoms with Crippen LogP contribution in [0.4, 0.5) is 0 Å². The van der Waals surface area contributed by atoms with Crippen LogP contribution in [0.2, 0.25) is 0 Å². The van der Waals surface area contributed by atoms with Gasteiger partial charge in [-0.05, 0) is 37.7 Å². The third kappa shape index (κ3) is 4.84. The second kappa shape index (κ2) is 8.66. The van der Waals surface area contributed by atoms with Crippen molar-refractivity contribution in [3.8, 4) is 0 Å². The molecule has 0 aromatic carbocycles. The van der Waals surface area contributed by atoms with E-state index < -0.39 is 0 Å². The quantitative estimate of drug-likeness (QED) is 0.811. The van der Waals surface area contributed by atoms with E-state index in [1.807, 2.05) is 4.90 Å². The lowest BCUT2D eigenvalue weighted by Gasteiger charge is -2.20. The maximum Gasteiger partial charge on any atom is 0.272 e. The van der Waals surface area contributed by atoms with E-state index in [1.165, 1.54) is 17.6 Å². The molecule has 0 saturated carbocycles. The van der Waals surface area contributed by atoms with Crippen LogP contribution in [0.5, 0.6) is 0 Å². The van der Waals surface area contributed by atoms with Crippen LogP contribution in [0.3, 0.4) is 0 Å². The van der Waals surface area contributed by atoms with E-state index >= 15 is 0 Å². The van der Waals surface area contributed by atoms with Gasteiger partial charge in [-0.15, -0.1) is 0 Å². The standard InChI is InChI=1S/C19H24N6O2/c1-24(2)19(27)17-9-16(22-13-23-17)8-14-4-3-6-25(7-5-14)18(26)15-10-20-12-21-11-15/h9-14H,3-8H2,1-2H3. The Hall–Kier alpha value is -2.90. The van der Waals surface area contributed by atoms with E-state index in [-0.39, 0.29) is 11.8 Å². The summed E-state index contributed by atoms with van der Waals surface area (Å²) in [7, 11) is 3.41. The second-order valence-corrected chi connectivity index (χ2v) is 7.01. The van der Waals surface area contributed by atoms with Gasteiger partial charge in [-0.3, -0.25) is 9.59 Å². The van der Waals surface area contributed by atoms with Crippen molar-refractivity contribution in [1.82, 2.24) is 29.7 Å². The Bertz CT molecular complexity index is 796. The molecule has 0 radical (unpaired) electrons. The second-order valence-electron chi connectivity index (χ2n) is 7.01. The van der Waals surface area contributed by atoms with Crippen molar-refractivity contribution in [2.24, 2.45) is 5.92 Å². The number of hydrogen-bond donors (Lipinski definition) is 0. The molecule has 8 nitrogen and oxygen atoms in total. The minimum atomic E-state index is -0.124. The Balaban J connectivity index is 1.61. The molecular weight excluding hydrogens is 344 g/mol. The third-order valence-electron chi connectivity index (χ3n) is 4.79. The molecule has 1 atom stereocenters. The van der Waals surface area contributed by atoms with Gasteiger partial charge in [0, 0.05) is 45.3 Å². The van der Waals surface area contributed by atoms with E-state index in [0.717, 1.165) is 37.9 Å². The normalized spacial score (nSPS) is 17.3. The largest absolute Gasteiger partial charge is 0.343 e. The summed E-state index contributed by atoms with van der Waals surface area (Å²) >= 11 is 0. The van der Waals surface area contributed by atoms with Gasteiger partial charge in [-0.1, -0.05) is 0 Å². The van der Waals surface area contributed by atoms with E-state index in [9.17, 15) is 9.59 Å². The molecular formula is C19H24N6O2. The number of hydrogen-bond acceptors (Lipinski definition) is 6. The van der Waals surface area contributed by atoms with E-state index in [2.05, 4.69) is 19.9 Å². The van der Waals surface area contributed by atoms with Gasteiger partial charge in [0.1, 0.15) is 18.3 Å². The molecule has 1 aliphatic heterocycles. The number of likely N-dealkylation sites (tertiary alicyclic amines) is 1. The van der Waals surface area contributed by atoms with Gasteiger partial charge in [-0.25, -0.2) is 19.9 Å². The van der Waals surface area contributed by atoms with Crippen molar-refractivity contribution in [3.63, 3.8) is 0 Å². The minimum Gasteiger partial charge on any atom is -0.343 e. The van der Waals surface area contributed by atoms with Crippen LogP contribution in [-0.2, 0) is 6.42 Å². The highest BCUT2D eigenvalue weighted by atomic mass is 16.2. The Morgan fingerprint density at radius 3 is 2.63 bits per heavy atom. The number of amides is 2. The summed E-state index contributed by atoms with van der Waals surface area (Å²) in [4.78, 5) is 44.3. The van der Waals surface area contributed by atoms with Crippen molar-refractivity contribution in [3.05, 3.63) is 48.1 Å². The zero-order chi connectivity index (χ0) is 19.2. The van der Waals surface area contributed by atoms with Crippen LogP contribution in [0.15, 0.2) is 31.1 Å². The zero-order valence-corrected chi connectivity index (χ0v) is 15.7. The summed E-state index contributed by atoms with van der Waals surface area (Å²) in [6, 6.07) is 1.78. The Morgan fingerprint density at radius 2 is 1.89 bits per heavy atom. The molecule has 1 unspecified atom stereocenters. The molecule has 0 N–H and O–H groups in total. The molecule has 1 saturated heterocycles. The van der Waals surface area contributed by atoms with Crippen molar-refractivity contribution < 1.29 is 9.59 Å². The monoisotopic (exact) mass is 368 g/mol. The molecule has 8 heteroatoms. The number of nitrogens with zero attached hydrogens (tertiary/aromatic N) is 6. The third-order valence-corrected chi connectivity index (χ3v) is 4.79. The summed E-state index contributed by atoms with van der Waals surface area (Å²) < 4.78 is 0. The highest BCUT2D eigenvalue weighted by Crippen LogP contribution is 2.22. The molecule has 2 amide bonds. The summed E-state index contributed by atoms with van der Waals surface area (Å²) in [6.07, 6.45) is 9.64. The summed E-state index contributed by atoms with van der Waals surface area (Å²) in [5.74, 6) is 0.283. The molecule has 2 aromatic rings. The number of aromatic nitrogens is 4. The Morgan fingerprint density at radius 1 is 1.11 bits per heavy atom. The first-order valence-corrected chi connectivity index (χ1v) is 9.11. The van der Waals surface area contributed by atoms with Crippen LogP contribution in [-0.4, -0.2) is 68.7 Å². The maximum absolute atomic E-state index is 12.6. The fourth-order valence-corrected chi connectivity index (χ4v) is 3.32. The van der Waals surface area contributed by atoms with Gasteiger partial charge < -0.3 is 9.80 Å². The van der Waals surface area contributed by atoms with E-state index in [1.54, 1.807) is 32.6 Å². The van der Waals surface area contributed by atoms with Crippen LogP contribution >= 0.6 is 0 Å². The van der Waals surface area contributed by atoms with E-state index in [4.69, 9.17) is 0 Å². The van der Waals surface area contributed by atoms with Crippen LogP contribution in [0.25, 0.3) is 0 Å². The van der Waals surface area contributed by atoms with Gasteiger partial charge in [0.25, 0.3) is 11.8 Å². The predicted octanol–water partition coefficient (Wildman–Crippen LogP) is 1.45. The van der Waals surface area contributed by atoms with Crippen molar-refractivity contribution >= 4 is 11.8 Å². The molecule has 2 aromatic heterocycles. The lowest BCUT2D eigenvalue weighted by molar-refractivity contribution is 0.0758. The molecule has 0 aliphatic carbocycles. The minimum absolute atomic E-state index is 0.0165. The summed E-state index contributed by atoms with van der Waals surface area (Å²) in [6.45, 7) is 1.44. The maximum atomic E-state index is 12.6. The number of carbonyl (C=O) groups is 2. The van der Waals surface area contributed by atoms with Crippen LogP contribution in [0, 0.1) is 5.92 Å². The topological polar surface area (TPSA) is 92.2 Å². The van der Waals surface area contributed by atoms with Crippen LogP contribution < -0.4 is 0 Å². The fourth-order valence-electron chi connectivity index (χ4n) is 3.32. The SMILES string of the molecule is CN(C)C(=O)c1cc(CC2CCCN(C(=O)c3cncnc3)CC2)ncn1. The van der Waals surface area contributed by atoms with Gasteiger partial charge in [-0.2, -0.15) is 0 Å². The average molecular weight is 368 g/mol. The molecule has 3 heterocycles. The molecule has 0 spiro atoms. The summed E-state index contributed by atoms with van der Waals surface area (Å²) in [5.41, 5.74) is 1.81. The van der Waals surface area contributed by atoms with Crippen molar-refractivity contribution in [2.75, 3.05) is 27.2 Å². The highest BCUT2D eigenvalue weighted by Gasteiger charge is 2.23. The number of rotatable bonds is 4. The average Bonchev–Trinajstić information content (AvgIpc) is 2.93. The first-order valence-electron chi connectivity index (χ1n) is 9.11. The fraction of sp³-hybridized carbons (Fsp3) is 0.474. The van der Waals surface area contributed by atoms with Crippen LogP contribution in [0.1, 0.15) is 45.8 Å². The lowest BCUT2D eigenvalue weighted by atomic mass is 9.95. The zero-order valence-electron chi connectivity index (χ0n) is 15.7. The lowest BCUT2D eigenvalue weighted by Crippen LogP contribution is -2.32. The van der Waals surface area contributed by atoms with Gasteiger partial charge in [0.15, 0.2) is 0 Å². The van der Waals surface area contributed by atoms with E-state index in [0.29, 0.717) is 23.7 Å². The highest BCUT2D eigenvalue weighted by molar-refractivity contribution is 5.93. The van der Waals surface area contributed by atoms with Gasteiger partial charge in [0.2, 0.25) is 0 Å². The summed E-state index contributed by atoms with van der Waals surface area (Å²) in [5, 5.41) is 0. The number of carbonyl (C=O) groups excluding carboxylic acids is 2. The van der Waals surface area contributed by atoms with Crippen molar-refractivity contribution in [1.29, 1.82) is 0 Å². The first kappa shape index (κ1) is 18.9. The predicted molar refractivity (Wildman–Crippen MR) is 99.0 cm³/mol. The molecule has 1 aliphatic rings. The molecule has 1 fully saturated rings. The Labute approximate surface area is 158 Å². The smallest absolute Gasteiger partial charge is 0.272 e. The molecule has 0 bridgehead atoms. The van der Waals surface area contributed by atoms with Crippen molar-refractivity contribution in [2.45, 2.75) is 25.7 Å². The first-order chi connectivity index (χ1) is 13.0. The Kier molecular flexibility index (Phi) is 6.05.